The molecule has 0 aromatic heterocycles. The van der Waals surface area contributed by atoms with Gasteiger partial charge in [0.15, 0.2) is 0 Å². The summed E-state index contributed by atoms with van der Waals surface area (Å²) >= 11 is 0. The van der Waals surface area contributed by atoms with Crippen molar-refractivity contribution in [2.24, 2.45) is 0 Å². The van der Waals surface area contributed by atoms with Gasteiger partial charge in [0.1, 0.15) is 0 Å². The summed E-state index contributed by atoms with van der Waals surface area (Å²) in [5.74, 6) is -0.404. The highest BCUT2D eigenvalue weighted by atomic mass is 19.4. The molecule has 1 aliphatic rings. The first-order valence-corrected chi connectivity index (χ1v) is 8.37. The van der Waals surface area contributed by atoms with Crippen molar-refractivity contribution in [3.63, 3.8) is 0 Å². The van der Waals surface area contributed by atoms with E-state index in [9.17, 15) is 18.0 Å². The Morgan fingerprint density at radius 2 is 1.73 bits per heavy atom. The first-order chi connectivity index (χ1) is 12.2. The maximum absolute atomic E-state index is 12.1. The summed E-state index contributed by atoms with van der Waals surface area (Å²) in [4.78, 5) is 13.4. The van der Waals surface area contributed by atoms with E-state index in [1.165, 1.54) is 31.1 Å². The molecule has 0 saturated carbocycles. The van der Waals surface area contributed by atoms with Gasteiger partial charge in [0.05, 0.1) is 5.56 Å². The summed E-state index contributed by atoms with van der Waals surface area (Å²) in [7, 11) is 3.60. The minimum Gasteiger partial charge on any atom is -0.355 e. The smallest absolute Gasteiger partial charge is 0.355 e. The molecule has 0 bridgehead atoms. The standard InChI is InChI=1S/C11H15N.C9H8F3NO/c1-9-3-4-10-5-6-12(2)8-11(10)7-9;1-13-8(14)6-2-4-7(5-3-6)9(10,11)12/h3-4,7H,5-6,8H2,1-2H3;2-5H,1H3,(H,13,14). The molecule has 1 amide bonds. The monoisotopic (exact) mass is 364 g/mol. The van der Waals surface area contributed by atoms with Crippen LogP contribution in [-0.4, -0.2) is 31.4 Å². The van der Waals surface area contributed by atoms with E-state index in [2.05, 4.69) is 42.4 Å². The highest BCUT2D eigenvalue weighted by molar-refractivity contribution is 5.93. The van der Waals surface area contributed by atoms with Gasteiger partial charge in [-0.15, -0.1) is 0 Å². The van der Waals surface area contributed by atoms with Gasteiger partial charge >= 0.3 is 6.18 Å². The van der Waals surface area contributed by atoms with Crippen LogP contribution in [0.2, 0.25) is 0 Å². The molecule has 0 saturated heterocycles. The average Bonchev–Trinajstić information content (AvgIpc) is 2.60. The Bertz CT molecular complexity index is 755. The fourth-order valence-corrected chi connectivity index (χ4v) is 2.78. The second-order valence-corrected chi connectivity index (χ2v) is 6.41. The number of carbonyl (C=O) groups excluding carboxylic acids is 1. The number of halogens is 3. The summed E-state index contributed by atoms with van der Waals surface area (Å²) in [6, 6.07) is 10.8. The van der Waals surface area contributed by atoms with Gasteiger partial charge in [0.25, 0.3) is 5.91 Å². The van der Waals surface area contributed by atoms with Crippen molar-refractivity contribution < 1.29 is 18.0 Å². The molecule has 3 rings (SSSR count). The van der Waals surface area contributed by atoms with Crippen LogP contribution in [0, 0.1) is 6.92 Å². The van der Waals surface area contributed by atoms with Gasteiger partial charge in [0, 0.05) is 25.7 Å². The summed E-state index contributed by atoms with van der Waals surface area (Å²) in [5, 5.41) is 2.32. The van der Waals surface area contributed by atoms with E-state index in [0.717, 1.165) is 30.8 Å². The third-order valence-corrected chi connectivity index (χ3v) is 4.27. The first-order valence-electron chi connectivity index (χ1n) is 8.37. The number of fused-ring (bicyclic) bond motifs is 1. The zero-order chi connectivity index (χ0) is 19.3. The molecule has 1 aliphatic heterocycles. The summed E-state index contributed by atoms with van der Waals surface area (Å²) in [6.07, 6.45) is -3.15. The molecule has 3 nitrogen and oxygen atoms in total. The predicted octanol–water partition coefficient (Wildman–Crippen LogP) is 4.05. The van der Waals surface area contributed by atoms with Crippen LogP contribution in [0.4, 0.5) is 13.2 Å². The molecule has 1 heterocycles. The van der Waals surface area contributed by atoms with Gasteiger partial charge < -0.3 is 10.2 Å². The van der Waals surface area contributed by atoms with Gasteiger partial charge in [0.2, 0.25) is 0 Å². The zero-order valence-corrected chi connectivity index (χ0v) is 15.2. The number of likely N-dealkylation sites (N-methyl/N-ethyl adjacent to an activating group) is 1. The van der Waals surface area contributed by atoms with Crippen LogP contribution in [0.25, 0.3) is 0 Å². The molecule has 140 valence electrons. The average molecular weight is 364 g/mol. The lowest BCUT2D eigenvalue weighted by atomic mass is 9.98. The fourth-order valence-electron chi connectivity index (χ4n) is 2.78. The van der Waals surface area contributed by atoms with Crippen LogP contribution < -0.4 is 5.32 Å². The van der Waals surface area contributed by atoms with Crippen molar-refractivity contribution >= 4 is 5.91 Å². The molecular formula is C20H23F3N2O. The molecule has 0 atom stereocenters. The minimum absolute atomic E-state index is 0.209. The number of nitrogens with zero attached hydrogens (tertiary/aromatic N) is 1. The normalized spacial score (nSPS) is 14.1. The second kappa shape index (κ2) is 8.36. The summed E-state index contributed by atoms with van der Waals surface area (Å²) in [5.41, 5.74) is 3.89. The van der Waals surface area contributed by atoms with Gasteiger partial charge in [-0.1, -0.05) is 23.8 Å². The zero-order valence-electron chi connectivity index (χ0n) is 15.2. The number of aryl methyl sites for hydroxylation is 1. The first kappa shape index (κ1) is 20.0. The maximum atomic E-state index is 12.1. The minimum atomic E-state index is -4.36. The van der Waals surface area contributed by atoms with Gasteiger partial charge in [-0.05, 0) is 55.8 Å². The molecular weight excluding hydrogens is 341 g/mol. The van der Waals surface area contributed by atoms with E-state index in [-0.39, 0.29) is 5.56 Å². The predicted molar refractivity (Wildman–Crippen MR) is 96.1 cm³/mol. The lowest BCUT2D eigenvalue weighted by Gasteiger charge is -2.25. The lowest BCUT2D eigenvalue weighted by molar-refractivity contribution is -0.137. The number of hydrogen-bond donors (Lipinski definition) is 1. The van der Waals surface area contributed by atoms with E-state index in [0.29, 0.717) is 0 Å². The van der Waals surface area contributed by atoms with E-state index < -0.39 is 17.6 Å². The molecule has 1 N–H and O–H groups in total. The number of amides is 1. The van der Waals surface area contributed by atoms with Gasteiger partial charge in [-0.3, -0.25) is 4.79 Å². The van der Waals surface area contributed by atoms with Crippen LogP contribution in [0.3, 0.4) is 0 Å². The number of hydrogen-bond acceptors (Lipinski definition) is 2. The van der Waals surface area contributed by atoms with Crippen molar-refractivity contribution in [2.45, 2.75) is 26.1 Å². The molecule has 0 fully saturated rings. The Balaban J connectivity index is 0.000000189. The number of benzene rings is 2. The lowest BCUT2D eigenvalue weighted by Crippen LogP contribution is -2.26. The van der Waals surface area contributed by atoms with E-state index >= 15 is 0 Å². The second-order valence-electron chi connectivity index (χ2n) is 6.41. The van der Waals surface area contributed by atoms with Crippen molar-refractivity contribution in [1.82, 2.24) is 10.2 Å². The largest absolute Gasteiger partial charge is 0.416 e. The van der Waals surface area contributed by atoms with Crippen LogP contribution in [0.15, 0.2) is 42.5 Å². The van der Waals surface area contributed by atoms with E-state index in [1.54, 1.807) is 5.56 Å². The van der Waals surface area contributed by atoms with E-state index in [4.69, 9.17) is 0 Å². The molecule has 0 spiro atoms. The Kier molecular flexibility index (Phi) is 6.42. The highest BCUT2D eigenvalue weighted by Crippen LogP contribution is 2.29. The van der Waals surface area contributed by atoms with Crippen LogP contribution in [0.1, 0.15) is 32.6 Å². The van der Waals surface area contributed by atoms with Crippen molar-refractivity contribution in [3.8, 4) is 0 Å². The third-order valence-electron chi connectivity index (χ3n) is 4.27. The fraction of sp³-hybridized carbons (Fsp3) is 0.350. The molecule has 26 heavy (non-hydrogen) atoms. The Morgan fingerprint density at radius 1 is 1.08 bits per heavy atom. The number of carbonyl (C=O) groups is 1. The topological polar surface area (TPSA) is 32.3 Å². The molecule has 0 unspecified atom stereocenters. The van der Waals surface area contributed by atoms with Crippen molar-refractivity contribution in [2.75, 3.05) is 20.6 Å². The molecule has 0 aliphatic carbocycles. The number of alkyl halides is 3. The molecule has 0 radical (unpaired) electrons. The maximum Gasteiger partial charge on any atom is 0.416 e. The van der Waals surface area contributed by atoms with Crippen LogP contribution in [0.5, 0.6) is 0 Å². The SMILES string of the molecule is CNC(=O)c1ccc(C(F)(F)F)cc1.Cc1ccc2c(c1)CN(C)CC2. The van der Waals surface area contributed by atoms with Gasteiger partial charge in [-0.2, -0.15) is 13.2 Å². The number of nitrogens with one attached hydrogen (secondary N) is 1. The summed E-state index contributed by atoms with van der Waals surface area (Å²) in [6.45, 7) is 4.49. The Labute approximate surface area is 151 Å². The van der Waals surface area contributed by atoms with E-state index in [1.807, 2.05) is 0 Å². The van der Waals surface area contributed by atoms with Crippen molar-refractivity contribution in [1.29, 1.82) is 0 Å². The summed E-state index contributed by atoms with van der Waals surface area (Å²) < 4.78 is 36.3. The quantitative estimate of drug-likeness (QED) is 0.828. The highest BCUT2D eigenvalue weighted by Gasteiger charge is 2.30. The Morgan fingerprint density at radius 3 is 2.31 bits per heavy atom. The van der Waals surface area contributed by atoms with Crippen molar-refractivity contribution in [3.05, 3.63) is 70.3 Å². The van der Waals surface area contributed by atoms with Crippen LogP contribution >= 0.6 is 0 Å². The molecule has 2 aromatic carbocycles. The van der Waals surface area contributed by atoms with Gasteiger partial charge in [-0.25, -0.2) is 0 Å². The van der Waals surface area contributed by atoms with Crippen LogP contribution in [-0.2, 0) is 19.1 Å². The number of rotatable bonds is 1. The Hall–Kier alpha value is -2.34. The molecule has 2 aromatic rings. The third kappa shape index (κ3) is 5.33. The molecule has 6 heteroatoms.